The number of halogens is 1. The summed E-state index contributed by atoms with van der Waals surface area (Å²) in [5.41, 5.74) is 1.35. The number of carbonyl (C=O) groups is 3. The van der Waals surface area contributed by atoms with Gasteiger partial charge in [-0.05, 0) is 55.0 Å². The molecule has 0 spiro atoms. The quantitative estimate of drug-likeness (QED) is 0.263. The number of carbonyl (C=O) groups excluding carboxylic acids is 3. The average Bonchev–Trinajstić information content (AvgIpc) is 3.64. The smallest absolute Gasteiger partial charge is 0.309 e. The average molecular weight is 497 g/mol. The van der Waals surface area contributed by atoms with Crippen LogP contribution in [0.4, 0.5) is 15.9 Å². The van der Waals surface area contributed by atoms with E-state index in [2.05, 4.69) is 6.58 Å². The van der Waals surface area contributed by atoms with Gasteiger partial charge in [-0.3, -0.25) is 19.3 Å². The molecule has 0 heterocycles. The summed E-state index contributed by atoms with van der Waals surface area (Å²) in [5.74, 6) is -3.27. The van der Waals surface area contributed by atoms with Crippen molar-refractivity contribution in [3.05, 3.63) is 79.0 Å². The first-order valence-corrected chi connectivity index (χ1v) is 11.3. The van der Waals surface area contributed by atoms with Gasteiger partial charge in [-0.25, -0.2) is 0 Å². The third-order valence-corrected chi connectivity index (χ3v) is 5.92. The lowest BCUT2D eigenvalue weighted by Crippen LogP contribution is -2.26. The number of hydrogen-bond donors (Lipinski definition) is 0. The number of nitrogens with zero attached hydrogens (tertiary/aromatic N) is 2. The van der Waals surface area contributed by atoms with Crippen LogP contribution in [0.1, 0.15) is 12.5 Å². The molecule has 0 radical (unpaired) electrons. The number of amides is 2. The molecule has 3 atom stereocenters. The molecule has 0 saturated heterocycles. The molecule has 36 heavy (non-hydrogen) atoms. The van der Waals surface area contributed by atoms with Crippen molar-refractivity contribution >= 4 is 29.2 Å². The van der Waals surface area contributed by atoms with Gasteiger partial charge in [0, 0.05) is 17.8 Å². The number of rotatable bonds is 11. The normalized spacial score (nSPS) is 18.4. The number of ether oxygens (including phenoxy) is 3. The molecule has 1 aliphatic carbocycles. The van der Waals surface area contributed by atoms with Crippen molar-refractivity contribution < 1.29 is 33.1 Å². The summed E-state index contributed by atoms with van der Waals surface area (Å²) in [5, 5.41) is 0.0170. The maximum Gasteiger partial charge on any atom is 0.309 e. The maximum absolute atomic E-state index is 15.1. The Kier molecular flexibility index (Phi) is 8.97. The van der Waals surface area contributed by atoms with Gasteiger partial charge in [0.2, 0.25) is 0 Å². The van der Waals surface area contributed by atoms with Gasteiger partial charge in [-0.15, -0.1) is 5.12 Å². The molecule has 3 unspecified atom stereocenters. The lowest BCUT2D eigenvalue weighted by molar-refractivity contribution is -0.143. The summed E-state index contributed by atoms with van der Waals surface area (Å²) in [6, 6.07) is 13.1. The first kappa shape index (κ1) is 26.6. The van der Waals surface area contributed by atoms with Crippen molar-refractivity contribution in [2.45, 2.75) is 13.5 Å². The van der Waals surface area contributed by atoms with Gasteiger partial charge in [-0.2, -0.15) is 0 Å². The van der Waals surface area contributed by atoms with Crippen LogP contribution in [0, 0.1) is 17.8 Å². The first-order valence-electron chi connectivity index (χ1n) is 11.3. The van der Waals surface area contributed by atoms with Crippen molar-refractivity contribution in [1.29, 1.82) is 0 Å². The molecule has 8 nitrogen and oxygen atoms in total. The third kappa shape index (κ3) is 5.98. The van der Waals surface area contributed by atoms with E-state index < -0.39 is 29.6 Å². The third-order valence-electron chi connectivity index (χ3n) is 5.92. The second-order valence-corrected chi connectivity index (χ2v) is 8.13. The molecule has 2 aromatic rings. The van der Waals surface area contributed by atoms with Crippen molar-refractivity contribution in [2.75, 3.05) is 30.8 Å². The fraction of sp³-hybridized carbons (Fsp3) is 0.296. The van der Waals surface area contributed by atoms with E-state index in [1.165, 1.54) is 36.3 Å². The van der Waals surface area contributed by atoms with E-state index in [4.69, 9.17) is 14.2 Å². The van der Waals surface area contributed by atoms with Crippen LogP contribution in [0.5, 0.6) is 5.75 Å². The number of esters is 1. The van der Waals surface area contributed by atoms with Gasteiger partial charge in [0.25, 0.3) is 11.8 Å². The van der Waals surface area contributed by atoms with Crippen molar-refractivity contribution in [1.82, 2.24) is 0 Å². The van der Waals surface area contributed by atoms with Gasteiger partial charge < -0.3 is 14.2 Å². The van der Waals surface area contributed by atoms with E-state index in [9.17, 15) is 14.4 Å². The number of methoxy groups -OCH3 is 2. The molecule has 0 aromatic heterocycles. The molecule has 3 rings (SSSR count). The van der Waals surface area contributed by atoms with Gasteiger partial charge in [0.1, 0.15) is 5.75 Å². The summed E-state index contributed by atoms with van der Waals surface area (Å²) in [6.07, 6.45) is 4.39. The molecule has 1 aliphatic rings. The topological polar surface area (TPSA) is 85.4 Å². The Balaban J connectivity index is 1.66. The molecule has 9 heteroatoms. The molecule has 2 amide bonds. The van der Waals surface area contributed by atoms with E-state index in [0.29, 0.717) is 5.69 Å². The Labute approximate surface area is 209 Å². The van der Waals surface area contributed by atoms with E-state index in [1.54, 1.807) is 38.4 Å². The zero-order chi connectivity index (χ0) is 26.2. The Morgan fingerprint density at radius 1 is 1.00 bits per heavy atom. The lowest BCUT2D eigenvalue weighted by Gasteiger charge is -2.18. The Bertz CT molecular complexity index is 1120. The van der Waals surface area contributed by atoms with Crippen LogP contribution in [0.25, 0.3) is 0 Å². The van der Waals surface area contributed by atoms with Crippen LogP contribution in [0.3, 0.4) is 0 Å². The van der Waals surface area contributed by atoms with E-state index >= 15 is 4.48 Å². The van der Waals surface area contributed by atoms with E-state index in [0.717, 1.165) is 17.4 Å². The molecule has 1 saturated carbocycles. The predicted octanol–water partition coefficient (Wildman–Crippen LogP) is 4.22. The van der Waals surface area contributed by atoms with Gasteiger partial charge in [0.15, 0.2) is 0 Å². The van der Waals surface area contributed by atoms with Crippen LogP contribution in [0.15, 0.2) is 73.5 Å². The largest absolute Gasteiger partial charge is 0.497 e. The monoisotopic (exact) mass is 496 g/mol. The SMILES string of the molecule is C=CC(=O)N(C=CC)c1ccc(N(F)C(=O)C2C(COCc3ccc(OC)cc3)C2C(=O)OC)cc1. The fourth-order valence-corrected chi connectivity index (χ4v) is 3.95. The van der Waals surface area contributed by atoms with Crippen molar-refractivity contribution in [3.63, 3.8) is 0 Å². The number of anilines is 2. The standard InChI is InChI=1S/C27H29FN2O6/c1-5-15-29(23(31)6-2)19-9-11-20(12-10-19)30(28)26(32)24-22(25(24)27(33)35-4)17-36-16-18-7-13-21(34-3)14-8-18/h5-15,22,24-25H,2,16-17H2,1,3-4H3. The summed E-state index contributed by atoms with van der Waals surface area (Å²) in [6.45, 7) is 5.59. The summed E-state index contributed by atoms with van der Waals surface area (Å²) in [7, 11) is 2.80. The molecule has 190 valence electrons. The highest BCUT2D eigenvalue weighted by molar-refractivity contribution is 6.03. The first-order chi connectivity index (χ1) is 17.4. The van der Waals surface area contributed by atoms with Crippen LogP contribution in [0.2, 0.25) is 0 Å². The number of allylic oxidation sites excluding steroid dienone is 1. The maximum atomic E-state index is 15.1. The van der Waals surface area contributed by atoms with Crippen LogP contribution >= 0.6 is 0 Å². The molecule has 0 aliphatic heterocycles. The lowest BCUT2D eigenvalue weighted by atomic mass is 10.2. The fourth-order valence-electron chi connectivity index (χ4n) is 3.95. The minimum atomic E-state index is -0.903. The van der Waals surface area contributed by atoms with E-state index in [1.807, 2.05) is 12.1 Å². The summed E-state index contributed by atoms with van der Waals surface area (Å²) in [4.78, 5) is 38.5. The van der Waals surface area contributed by atoms with Crippen molar-refractivity contribution in [2.24, 2.45) is 17.8 Å². The molecule has 1 fully saturated rings. The second kappa shape index (κ2) is 12.1. The summed E-state index contributed by atoms with van der Waals surface area (Å²) < 4.78 is 30.7. The number of benzene rings is 2. The highest BCUT2D eigenvalue weighted by Crippen LogP contribution is 2.49. The Morgan fingerprint density at radius 3 is 2.19 bits per heavy atom. The molecule has 2 aromatic carbocycles. The minimum absolute atomic E-state index is 0.0170. The van der Waals surface area contributed by atoms with Gasteiger partial charge in [0.05, 0.1) is 45.0 Å². The second-order valence-electron chi connectivity index (χ2n) is 8.13. The van der Waals surface area contributed by atoms with Crippen LogP contribution in [-0.2, 0) is 30.5 Å². The zero-order valence-electron chi connectivity index (χ0n) is 20.4. The highest BCUT2D eigenvalue weighted by atomic mass is 19.2. The Hall–Kier alpha value is -3.98. The molecular formula is C27H29FN2O6. The van der Waals surface area contributed by atoms with Gasteiger partial charge >= 0.3 is 5.97 Å². The Morgan fingerprint density at radius 2 is 1.64 bits per heavy atom. The summed E-state index contributed by atoms with van der Waals surface area (Å²) >= 11 is 0. The zero-order valence-corrected chi connectivity index (χ0v) is 20.4. The van der Waals surface area contributed by atoms with Crippen LogP contribution in [-0.4, -0.2) is 38.6 Å². The molecular weight excluding hydrogens is 467 g/mol. The number of hydrogen-bond acceptors (Lipinski definition) is 6. The minimum Gasteiger partial charge on any atom is -0.497 e. The van der Waals surface area contributed by atoms with E-state index in [-0.39, 0.29) is 29.9 Å². The predicted molar refractivity (Wildman–Crippen MR) is 133 cm³/mol. The van der Waals surface area contributed by atoms with Gasteiger partial charge in [-0.1, -0.05) is 29.3 Å². The molecule has 0 bridgehead atoms. The van der Waals surface area contributed by atoms with Crippen molar-refractivity contribution in [3.8, 4) is 5.75 Å². The van der Waals surface area contributed by atoms with Crippen LogP contribution < -0.4 is 14.8 Å². The molecule has 0 N–H and O–H groups in total. The highest BCUT2D eigenvalue weighted by Gasteiger charge is 2.61.